The Balaban J connectivity index is 2.19. The second-order valence-corrected chi connectivity index (χ2v) is 4.90. The van der Waals surface area contributed by atoms with E-state index in [0.29, 0.717) is 17.7 Å². The molecule has 0 aliphatic heterocycles. The largest absolute Gasteiger partial charge is 0.399 e. The number of rotatable bonds is 4. The van der Waals surface area contributed by atoms with Crippen LogP contribution in [0.3, 0.4) is 0 Å². The summed E-state index contributed by atoms with van der Waals surface area (Å²) in [7, 11) is 0. The predicted octanol–water partition coefficient (Wildman–Crippen LogP) is 2.67. The SMILES string of the molecule is CCn1cc(CC(=O)c2cc(N)ccc2Br)cn1. The molecule has 0 aliphatic rings. The first-order valence-electron chi connectivity index (χ1n) is 5.69. The summed E-state index contributed by atoms with van der Waals surface area (Å²) in [6.45, 7) is 2.81. The molecule has 0 fully saturated rings. The van der Waals surface area contributed by atoms with Crippen LogP contribution in [0.25, 0.3) is 0 Å². The fourth-order valence-electron chi connectivity index (χ4n) is 1.71. The molecule has 2 aromatic rings. The topological polar surface area (TPSA) is 60.9 Å². The molecule has 2 rings (SSSR count). The average Bonchev–Trinajstić information content (AvgIpc) is 2.80. The minimum Gasteiger partial charge on any atom is -0.399 e. The van der Waals surface area contributed by atoms with Gasteiger partial charge in [0.25, 0.3) is 0 Å². The molecule has 4 nitrogen and oxygen atoms in total. The number of halogens is 1. The standard InChI is InChI=1S/C13H14BrN3O/c1-2-17-8-9(7-16-17)5-13(18)11-6-10(15)3-4-12(11)14/h3-4,6-8H,2,5,15H2,1H3. The van der Waals surface area contributed by atoms with Gasteiger partial charge in [-0.25, -0.2) is 0 Å². The Morgan fingerprint density at radius 2 is 2.28 bits per heavy atom. The second-order valence-electron chi connectivity index (χ2n) is 4.04. The molecule has 0 saturated carbocycles. The number of Topliss-reactive ketones (excluding diaryl/α,β-unsaturated/α-hetero) is 1. The van der Waals surface area contributed by atoms with Gasteiger partial charge >= 0.3 is 0 Å². The van der Waals surface area contributed by atoms with E-state index in [0.717, 1.165) is 16.6 Å². The van der Waals surface area contributed by atoms with E-state index >= 15 is 0 Å². The van der Waals surface area contributed by atoms with Crippen LogP contribution in [0, 0.1) is 0 Å². The molecule has 0 radical (unpaired) electrons. The van der Waals surface area contributed by atoms with E-state index < -0.39 is 0 Å². The highest BCUT2D eigenvalue weighted by atomic mass is 79.9. The van der Waals surface area contributed by atoms with Gasteiger partial charge < -0.3 is 5.73 Å². The number of anilines is 1. The number of aromatic nitrogens is 2. The van der Waals surface area contributed by atoms with Crippen LogP contribution < -0.4 is 5.73 Å². The van der Waals surface area contributed by atoms with Gasteiger partial charge in [-0.3, -0.25) is 9.48 Å². The fourth-order valence-corrected chi connectivity index (χ4v) is 2.18. The van der Waals surface area contributed by atoms with E-state index in [1.165, 1.54) is 0 Å². The Morgan fingerprint density at radius 1 is 1.50 bits per heavy atom. The molecule has 0 spiro atoms. The Morgan fingerprint density at radius 3 is 2.94 bits per heavy atom. The van der Waals surface area contributed by atoms with Crippen LogP contribution in [0.5, 0.6) is 0 Å². The molecule has 0 atom stereocenters. The third-order valence-corrected chi connectivity index (χ3v) is 3.36. The molecule has 2 N–H and O–H groups in total. The van der Waals surface area contributed by atoms with Crippen LogP contribution in [0.1, 0.15) is 22.8 Å². The molecule has 94 valence electrons. The van der Waals surface area contributed by atoms with Crippen LogP contribution >= 0.6 is 15.9 Å². The van der Waals surface area contributed by atoms with Crippen molar-refractivity contribution >= 4 is 27.4 Å². The fraction of sp³-hybridized carbons (Fsp3) is 0.231. The maximum absolute atomic E-state index is 12.2. The first-order valence-corrected chi connectivity index (χ1v) is 6.49. The van der Waals surface area contributed by atoms with Gasteiger partial charge in [-0.15, -0.1) is 0 Å². The Kier molecular flexibility index (Phi) is 3.81. The molecule has 0 amide bonds. The second kappa shape index (κ2) is 5.35. The van der Waals surface area contributed by atoms with Gasteiger partial charge in [0.1, 0.15) is 0 Å². The molecule has 0 saturated heterocycles. The summed E-state index contributed by atoms with van der Waals surface area (Å²) in [6, 6.07) is 5.24. The molecule has 0 bridgehead atoms. The number of nitrogens with zero attached hydrogens (tertiary/aromatic N) is 2. The van der Waals surface area contributed by atoms with Gasteiger partial charge in [0.2, 0.25) is 0 Å². The number of benzene rings is 1. The van der Waals surface area contributed by atoms with Gasteiger partial charge in [-0.05, 0) is 30.7 Å². The van der Waals surface area contributed by atoms with Crippen molar-refractivity contribution in [2.24, 2.45) is 0 Å². The maximum Gasteiger partial charge on any atom is 0.168 e. The summed E-state index contributed by atoms with van der Waals surface area (Å²) >= 11 is 3.37. The molecule has 1 heterocycles. The lowest BCUT2D eigenvalue weighted by atomic mass is 10.0. The first kappa shape index (κ1) is 12.8. The van der Waals surface area contributed by atoms with Crippen LogP contribution in [-0.4, -0.2) is 15.6 Å². The Labute approximate surface area is 114 Å². The third-order valence-electron chi connectivity index (χ3n) is 2.67. The maximum atomic E-state index is 12.2. The van der Waals surface area contributed by atoms with Crippen LogP contribution in [0.4, 0.5) is 5.69 Å². The molecular weight excluding hydrogens is 294 g/mol. The van der Waals surface area contributed by atoms with Gasteiger partial charge in [-0.1, -0.05) is 15.9 Å². The van der Waals surface area contributed by atoms with E-state index in [9.17, 15) is 4.79 Å². The molecular formula is C13H14BrN3O. The van der Waals surface area contributed by atoms with Crippen molar-refractivity contribution in [2.75, 3.05) is 5.73 Å². The number of hydrogen-bond acceptors (Lipinski definition) is 3. The lowest BCUT2D eigenvalue weighted by molar-refractivity contribution is 0.0992. The zero-order chi connectivity index (χ0) is 13.1. The molecule has 5 heteroatoms. The summed E-state index contributed by atoms with van der Waals surface area (Å²) in [5.41, 5.74) is 7.81. The quantitative estimate of drug-likeness (QED) is 0.698. The van der Waals surface area contributed by atoms with Crippen LogP contribution in [-0.2, 0) is 13.0 Å². The van der Waals surface area contributed by atoms with E-state index in [2.05, 4.69) is 21.0 Å². The van der Waals surface area contributed by atoms with Crippen molar-refractivity contribution in [3.8, 4) is 0 Å². The minimum absolute atomic E-state index is 0.0322. The van der Waals surface area contributed by atoms with Gasteiger partial charge in [0.05, 0.1) is 6.20 Å². The number of nitrogen functional groups attached to an aromatic ring is 1. The number of aryl methyl sites for hydroxylation is 1. The Bertz CT molecular complexity index is 577. The summed E-state index contributed by atoms with van der Waals surface area (Å²) in [4.78, 5) is 12.2. The summed E-state index contributed by atoms with van der Waals surface area (Å²) in [5, 5.41) is 4.15. The predicted molar refractivity (Wildman–Crippen MR) is 74.5 cm³/mol. The lowest BCUT2D eigenvalue weighted by Gasteiger charge is -2.04. The van der Waals surface area contributed by atoms with Crippen LogP contribution in [0.2, 0.25) is 0 Å². The van der Waals surface area contributed by atoms with E-state index in [4.69, 9.17) is 5.73 Å². The number of carbonyl (C=O) groups is 1. The van der Waals surface area contributed by atoms with E-state index in [1.807, 2.05) is 13.1 Å². The van der Waals surface area contributed by atoms with Gasteiger partial charge in [-0.2, -0.15) is 5.10 Å². The first-order chi connectivity index (χ1) is 8.60. The van der Waals surface area contributed by atoms with Crippen molar-refractivity contribution in [1.29, 1.82) is 0 Å². The van der Waals surface area contributed by atoms with Crippen LogP contribution in [0.15, 0.2) is 35.1 Å². The number of ketones is 1. The zero-order valence-electron chi connectivity index (χ0n) is 10.1. The van der Waals surface area contributed by atoms with Crippen molar-refractivity contribution in [3.05, 3.63) is 46.2 Å². The monoisotopic (exact) mass is 307 g/mol. The highest BCUT2D eigenvalue weighted by Gasteiger charge is 2.12. The van der Waals surface area contributed by atoms with E-state index in [-0.39, 0.29) is 5.78 Å². The molecule has 18 heavy (non-hydrogen) atoms. The number of carbonyl (C=O) groups excluding carboxylic acids is 1. The molecule has 0 unspecified atom stereocenters. The molecule has 0 aliphatic carbocycles. The zero-order valence-corrected chi connectivity index (χ0v) is 11.6. The highest BCUT2D eigenvalue weighted by molar-refractivity contribution is 9.10. The summed E-state index contributed by atoms with van der Waals surface area (Å²) in [6.07, 6.45) is 3.95. The lowest BCUT2D eigenvalue weighted by Crippen LogP contribution is -2.05. The van der Waals surface area contributed by atoms with Gasteiger partial charge in [0, 0.05) is 34.9 Å². The number of nitrogens with two attached hydrogens (primary N) is 1. The van der Waals surface area contributed by atoms with Crippen molar-refractivity contribution in [1.82, 2.24) is 9.78 Å². The number of hydrogen-bond donors (Lipinski definition) is 1. The average molecular weight is 308 g/mol. The normalized spacial score (nSPS) is 10.6. The smallest absolute Gasteiger partial charge is 0.168 e. The summed E-state index contributed by atoms with van der Waals surface area (Å²) in [5.74, 6) is 0.0322. The Hall–Kier alpha value is -1.62. The van der Waals surface area contributed by atoms with Crippen molar-refractivity contribution < 1.29 is 4.79 Å². The third kappa shape index (κ3) is 2.79. The van der Waals surface area contributed by atoms with Crippen molar-refractivity contribution in [2.45, 2.75) is 19.9 Å². The summed E-state index contributed by atoms with van der Waals surface area (Å²) < 4.78 is 2.57. The minimum atomic E-state index is 0.0322. The van der Waals surface area contributed by atoms with Crippen molar-refractivity contribution in [3.63, 3.8) is 0 Å². The molecule has 1 aromatic heterocycles. The molecule has 1 aromatic carbocycles. The van der Waals surface area contributed by atoms with Gasteiger partial charge in [0.15, 0.2) is 5.78 Å². The van der Waals surface area contributed by atoms with E-state index in [1.54, 1.807) is 29.1 Å². The highest BCUT2D eigenvalue weighted by Crippen LogP contribution is 2.21.